The Kier molecular flexibility index (Phi) is 3.26. The molecule has 4 N–H and O–H groups in total. The van der Waals surface area contributed by atoms with Crippen LogP contribution in [-0.2, 0) is 9.53 Å². The number of carbonyl (C=O) groups is 1. The van der Waals surface area contributed by atoms with Crippen molar-refractivity contribution >= 4 is 5.97 Å². The number of hydrogen-bond donors (Lipinski definition) is 4. The van der Waals surface area contributed by atoms with Crippen LogP contribution in [-0.4, -0.2) is 38.0 Å². The Morgan fingerprint density at radius 3 is 1.86 bits per heavy atom. The van der Waals surface area contributed by atoms with E-state index in [2.05, 4.69) is 4.74 Å². The lowest BCUT2D eigenvalue weighted by molar-refractivity contribution is -0.333. The van der Waals surface area contributed by atoms with Gasteiger partial charge in [0.05, 0.1) is 0 Å². The van der Waals surface area contributed by atoms with Crippen LogP contribution in [0.2, 0.25) is 0 Å². The van der Waals surface area contributed by atoms with Crippen LogP contribution in [0, 0.1) is 0 Å². The summed E-state index contributed by atoms with van der Waals surface area (Å²) < 4.78 is 4.68. The number of rotatable bonds is 2. The number of ether oxygens (including phenoxy) is 1. The maximum absolute atomic E-state index is 11.3. The maximum atomic E-state index is 11.3. The first-order valence-electron chi connectivity index (χ1n) is 6.60. The fraction of sp³-hybridized carbons (Fsp3) is 0.188. The third-order valence-electron chi connectivity index (χ3n) is 3.71. The second kappa shape index (κ2) is 4.89. The molecule has 0 aromatic heterocycles. The fourth-order valence-electron chi connectivity index (χ4n) is 2.39. The van der Waals surface area contributed by atoms with E-state index in [0.29, 0.717) is 0 Å². The normalized spacial score (nSPS) is 22.4. The van der Waals surface area contributed by atoms with Crippen molar-refractivity contribution in [2.45, 2.75) is 17.7 Å². The van der Waals surface area contributed by atoms with Crippen molar-refractivity contribution in [3.63, 3.8) is 0 Å². The zero-order valence-corrected chi connectivity index (χ0v) is 11.4. The smallest absolute Gasteiger partial charge is 0.373 e. The summed E-state index contributed by atoms with van der Waals surface area (Å²) in [5, 5.41) is 38.5. The van der Waals surface area contributed by atoms with Crippen LogP contribution in [0.3, 0.4) is 0 Å². The highest BCUT2D eigenvalue weighted by atomic mass is 16.7. The summed E-state index contributed by atoms with van der Waals surface area (Å²) in [6, 6.07) is 16.0. The van der Waals surface area contributed by atoms with Crippen LogP contribution < -0.4 is 0 Å². The van der Waals surface area contributed by atoms with Gasteiger partial charge in [0, 0.05) is 0 Å². The molecule has 6 heteroatoms. The Bertz CT molecular complexity index is 690. The van der Waals surface area contributed by atoms with Crippen LogP contribution in [0.1, 0.15) is 11.7 Å². The lowest BCUT2D eigenvalue weighted by atomic mass is 9.95. The lowest BCUT2D eigenvalue weighted by Gasteiger charge is -2.27. The fourth-order valence-corrected chi connectivity index (χ4v) is 2.39. The van der Waals surface area contributed by atoms with Crippen molar-refractivity contribution in [3.05, 3.63) is 60.2 Å². The first-order valence-corrected chi connectivity index (χ1v) is 6.60. The topological polar surface area (TPSA) is 107 Å². The highest BCUT2D eigenvalue weighted by Crippen LogP contribution is 2.42. The van der Waals surface area contributed by atoms with Gasteiger partial charge >= 0.3 is 11.8 Å². The monoisotopic (exact) mass is 302 g/mol. The van der Waals surface area contributed by atoms with Gasteiger partial charge in [-0.25, -0.2) is 4.79 Å². The zero-order valence-electron chi connectivity index (χ0n) is 11.4. The van der Waals surface area contributed by atoms with Gasteiger partial charge in [0.25, 0.3) is 5.79 Å². The summed E-state index contributed by atoms with van der Waals surface area (Å²) >= 11 is 0. The SMILES string of the molecule is O=C1OC(c2ccc(-c3ccccc3)cc2)C(O)(O)C1(O)O. The average molecular weight is 302 g/mol. The van der Waals surface area contributed by atoms with Crippen LogP contribution in [0.4, 0.5) is 0 Å². The molecule has 0 amide bonds. The quantitative estimate of drug-likeness (QED) is 0.470. The molecule has 1 aliphatic rings. The van der Waals surface area contributed by atoms with E-state index < -0.39 is 23.6 Å². The largest absolute Gasteiger partial charge is 0.447 e. The molecule has 114 valence electrons. The molecule has 0 bridgehead atoms. The molecule has 0 saturated carbocycles. The van der Waals surface area contributed by atoms with Crippen molar-refractivity contribution in [2.75, 3.05) is 0 Å². The third-order valence-corrected chi connectivity index (χ3v) is 3.71. The predicted molar refractivity (Wildman–Crippen MR) is 75.0 cm³/mol. The van der Waals surface area contributed by atoms with Gasteiger partial charge in [0.1, 0.15) is 0 Å². The molecule has 2 aromatic carbocycles. The summed E-state index contributed by atoms with van der Waals surface area (Å²) in [6.45, 7) is 0. The number of aliphatic hydroxyl groups is 4. The van der Waals surface area contributed by atoms with E-state index in [-0.39, 0.29) is 5.56 Å². The minimum atomic E-state index is -3.37. The molecule has 1 fully saturated rings. The van der Waals surface area contributed by atoms with Crippen molar-refractivity contribution < 1.29 is 30.0 Å². The molecule has 1 aliphatic heterocycles. The maximum Gasteiger partial charge on any atom is 0.373 e. The van der Waals surface area contributed by atoms with E-state index in [0.717, 1.165) is 11.1 Å². The number of hydrogen-bond acceptors (Lipinski definition) is 6. The summed E-state index contributed by atoms with van der Waals surface area (Å²) in [5.74, 6) is -8.00. The summed E-state index contributed by atoms with van der Waals surface area (Å²) in [7, 11) is 0. The molecule has 1 heterocycles. The van der Waals surface area contributed by atoms with Crippen LogP contribution in [0.15, 0.2) is 54.6 Å². The van der Waals surface area contributed by atoms with Crippen molar-refractivity contribution in [1.82, 2.24) is 0 Å². The first kappa shape index (κ1) is 14.7. The van der Waals surface area contributed by atoms with Gasteiger partial charge in [-0.3, -0.25) is 0 Å². The Labute approximate surface area is 125 Å². The van der Waals surface area contributed by atoms with Gasteiger partial charge < -0.3 is 25.2 Å². The molecule has 22 heavy (non-hydrogen) atoms. The van der Waals surface area contributed by atoms with Crippen molar-refractivity contribution in [3.8, 4) is 11.1 Å². The van der Waals surface area contributed by atoms with Gasteiger partial charge in [-0.15, -0.1) is 0 Å². The minimum absolute atomic E-state index is 0.239. The molecule has 0 radical (unpaired) electrons. The minimum Gasteiger partial charge on any atom is -0.447 e. The van der Waals surface area contributed by atoms with E-state index in [9.17, 15) is 25.2 Å². The van der Waals surface area contributed by atoms with E-state index >= 15 is 0 Å². The third kappa shape index (κ3) is 2.10. The molecule has 0 spiro atoms. The van der Waals surface area contributed by atoms with Gasteiger partial charge in [-0.1, -0.05) is 54.6 Å². The highest BCUT2D eigenvalue weighted by molar-refractivity contribution is 5.81. The predicted octanol–water partition coefficient (Wildman–Crippen LogP) is 0.313. The van der Waals surface area contributed by atoms with Crippen LogP contribution in [0.25, 0.3) is 11.1 Å². The van der Waals surface area contributed by atoms with Gasteiger partial charge in [-0.05, 0) is 16.7 Å². The van der Waals surface area contributed by atoms with Crippen molar-refractivity contribution in [2.24, 2.45) is 0 Å². The highest BCUT2D eigenvalue weighted by Gasteiger charge is 2.67. The Hall–Kier alpha value is -2.25. The van der Waals surface area contributed by atoms with Crippen molar-refractivity contribution in [1.29, 1.82) is 0 Å². The van der Waals surface area contributed by atoms with E-state index in [4.69, 9.17) is 0 Å². The second-order valence-electron chi connectivity index (χ2n) is 5.17. The second-order valence-corrected chi connectivity index (χ2v) is 5.17. The lowest BCUT2D eigenvalue weighted by Crippen LogP contribution is -2.55. The molecule has 1 unspecified atom stereocenters. The summed E-state index contributed by atoms with van der Waals surface area (Å²) in [6.07, 6.45) is -1.58. The number of cyclic esters (lactones) is 1. The van der Waals surface area contributed by atoms with E-state index in [1.165, 1.54) is 12.1 Å². The Morgan fingerprint density at radius 2 is 1.36 bits per heavy atom. The standard InChI is InChI=1S/C16H14O6/c17-14-16(20,21)15(18,19)13(22-14)12-8-6-11(7-9-12)10-4-2-1-3-5-10/h1-9,13,18-21H. The van der Waals surface area contributed by atoms with Gasteiger partial charge in [-0.2, -0.15) is 0 Å². The summed E-state index contributed by atoms with van der Waals surface area (Å²) in [4.78, 5) is 11.3. The zero-order chi connectivity index (χ0) is 16.0. The number of esters is 1. The molecule has 1 saturated heterocycles. The molecule has 3 rings (SSSR count). The molecule has 0 aliphatic carbocycles. The first-order chi connectivity index (χ1) is 10.3. The van der Waals surface area contributed by atoms with Crippen LogP contribution >= 0.6 is 0 Å². The van der Waals surface area contributed by atoms with Gasteiger partial charge in [0.2, 0.25) is 0 Å². The molecular formula is C16H14O6. The van der Waals surface area contributed by atoms with E-state index in [1.54, 1.807) is 12.1 Å². The van der Waals surface area contributed by atoms with Crippen LogP contribution in [0.5, 0.6) is 0 Å². The average Bonchev–Trinajstić information content (AvgIpc) is 2.68. The van der Waals surface area contributed by atoms with Gasteiger partial charge in [0.15, 0.2) is 6.10 Å². The molecule has 1 atom stereocenters. The summed E-state index contributed by atoms with van der Waals surface area (Å²) in [5.41, 5.74) is 2.09. The Balaban J connectivity index is 1.93. The molecule has 2 aromatic rings. The van der Waals surface area contributed by atoms with E-state index in [1.807, 2.05) is 30.3 Å². The number of benzene rings is 2. The Morgan fingerprint density at radius 1 is 0.818 bits per heavy atom. The molecule has 6 nitrogen and oxygen atoms in total. The number of carbonyl (C=O) groups excluding carboxylic acids is 1. The molecular weight excluding hydrogens is 288 g/mol.